The number of nitrogens with zero attached hydrogens (tertiary/aromatic N) is 1. The Morgan fingerprint density at radius 2 is 2.20 bits per heavy atom. The fourth-order valence-corrected chi connectivity index (χ4v) is 1.30. The lowest BCUT2D eigenvalue weighted by Gasteiger charge is -2.12. The topological polar surface area (TPSA) is 115 Å². The molecule has 0 saturated heterocycles. The van der Waals surface area contributed by atoms with Gasteiger partial charge in [-0.15, -0.1) is 0 Å². The monoisotopic (exact) mass is 211 g/mol. The highest BCUT2D eigenvalue weighted by Gasteiger charge is 2.17. The number of nitro benzene ring substituents is 1. The summed E-state index contributed by atoms with van der Waals surface area (Å²) < 4.78 is 0. The summed E-state index contributed by atoms with van der Waals surface area (Å²) in [5.74, 6) is -0.0291. The van der Waals surface area contributed by atoms with Crippen molar-refractivity contribution >= 4 is 5.69 Å². The van der Waals surface area contributed by atoms with Crippen LogP contribution >= 0.6 is 0 Å². The Morgan fingerprint density at radius 1 is 1.60 bits per heavy atom. The van der Waals surface area contributed by atoms with Gasteiger partial charge in [-0.2, -0.15) is 0 Å². The van der Waals surface area contributed by atoms with Crippen molar-refractivity contribution in [3.63, 3.8) is 0 Å². The van der Waals surface area contributed by atoms with Crippen molar-refractivity contribution in [3.05, 3.63) is 33.4 Å². The number of nitro groups is 1. The van der Waals surface area contributed by atoms with Crippen molar-refractivity contribution in [1.29, 1.82) is 0 Å². The van der Waals surface area contributed by atoms with Gasteiger partial charge in [0.05, 0.1) is 4.92 Å². The third-order valence-electron chi connectivity index (χ3n) is 2.18. The van der Waals surface area contributed by atoms with Gasteiger partial charge >= 0.3 is 0 Å². The van der Waals surface area contributed by atoms with Gasteiger partial charge in [-0.05, 0) is 12.5 Å². The molecule has 0 saturated carbocycles. The van der Waals surface area contributed by atoms with Crippen LogP contribution in [0.3, 0.4) is 0 Å². The van der Waals surface area contributed by atoms with E-state index in [4.69, 9.17) is 11.5 Å². The molecule has 15 heavy (non-hydrogen) atoms. The molecule has 6 heteroatoms. The summed E-state index contributed by atoms with van der Waals surface area (Å²) >= 11 is 0. The van der Waals surface area contributed by atoms with Crippen molar-refractivity contribution in [3.8, 4) is 5.75 Å². The van der Waals surface area contributed by atoms with E-state index >= 15 is 0 Å². The number of rotatable bonds is 3. The summed E-state index contributed by atoms with van der Waals surface area (Å²) in [5, 5.41) is 20.2. The molecule has 5 N–H and O–H groups in total. The van der Waals surface area contributed by atoms with Gasteiger partial charge in [0.25, 0.3) is 5.69 Å². The molecule has 0 aliphatic carbocycles. The van der Waals surface area contributed by atoms with E-state index in [-0.39, 0.29) is 18.0 Å². The molecule has 1 atom stereocenters. The van der Waals surface area contributed by atoms with E-state index in [9.17, 15) is 15.2 Å². The Hall–Kier alpha value is -1.66. The van der Waals surface area contributed by atoms with Gasteiger partial charge in [0.15, 0.2) is 0 Å². The van der Waals surface area contributed by atoms with Gasteiger partial charge in [0, 0.05) is 30.3 Å². The van der Waals surface area contributed by atoms with Crippen LogP contribution in [-0.2, 0) is 0 Å². The van der Waals surface area contributed by atoms with Crippen LogP contribution in [0.2, 0.25) is 0 Å². The lowest BCUT2D eigenvalue weighted by Crippen LogP contribution is -2.21. The average molecular weight is 211 g/mol. The molecule has 0 aliphatic heterocycles. The molecule has 0 aliphatic rings. The number of hydrogen-bond donors (Lipinski definition) is 3. The van der Waals surface area contributed by atoms with Gasteiger partial charge in [0.2, 0.25) is 0 Å². The fraction of sp³-hybridized carbons (Fsp3) is 0.333. The molecule has 0 amide bonds. The summed E-state index contributed by atoms with van der Waals surface area (Å²) in [6.07, 6.45) is 0. The molecule has 6 nitrogen and oxygen atoms in total. The van der Waals surface area contributed by atoms with Gasteiger partial charge in [-0.3, -0.25) is 10.1 Å². The number of phenolic OH excluding ortho intramolecular Hbond substituents is 1. The van der Waals surface area contributed by atoms with E-state index in [0.717, 1.165) is 0 Å². The molecule has 82 valence electrons. The molecular weight excluding hydrogens is 198 g/mol. The van der Waals surface area contributed by atoms with E-state index in [1.54, 1.807) is 6.92 Å². The number of aromatic hydroxyl groups is 1. The van der Waals surface area contributed by atoms with Crippen LogP contribution in [0.1, 0.15) is 17.2 Å². The number of hydrogen-bond acceptors (Lipinski definition) is 5. The van der Waals surface area contributed by atoms with E-state index in [1.807, 2.05) is 0 Å². The highest BCUT2D eigenvalue weighted by Crippen LogP contribution is 2.30. The summed E-state index contributed by atoms with van der Waals surface area (Å²) in [5.41, 5.74) is 11.6. The minimum absolute atomic E-state index is 0.0291. The van der Waals surface area contributed by atoms with Gasteiger partial charge in [0.1, 0.15) is 5.75 Å². The molecular formula is C9H13N3O3. The van der Waals surface area contributed by atoms with Crippen molar-refractivity contribution < 1.29 is 10.0 Å². The van der Waals surface area contributed by atoms with Gasteiger partial charge in [-0.1, -0.05) is 0 Å². The van der Waals surface area contributed by atoms with Crippen LogP contribution in [0.4, 0.5) is 5.69 Å². The van der Waals surface area contributed by atoms with Crippen LogP contribution in [0.15, 0.2) is 12.1 Å². The molecule has 0 heterocycles. The molecule has 0 unspecified atom stereocenters. The lowest BCUT2D eigenvalue weighted by molar-refractivity contribution is -0.385. The lowest BCUT2D eigenvalue weighted by atomic mass is 10.0. The smallest absolute Gasteiger partial charge is 0.270 e. The zero-order valence-electron chi connectivity index (χ0n) is 8.30. The van der Waals surface area contributed by atoms with E-state index < -0.39 is 11.0 Å². The molecule has 0 spiro atoms. The Morgan fingerprint density at radius 3 is 2.67 bits per heavy atom. The number of benzene rings is 1. The maximum atomic E-state index is 10.6. The molecule has 1 rings (SSSR count). The molecule has 0 aromatic heterocycles. The minimum Gasteiger partial charge on any atom is -0.507 e. The van der Waals surface area contributed by atoms with Crippen molar-refractivity contribution in [2.75, 3.05) is 6.54 Å². The number of non-ortho nitro benzene ring substituents is 1. The standard InChI is InChI=1S/C9H13N3O3/c1-5-2-6(12(14)15)3-7(9(5)13)8(11)4-10/h2-3,8,13H,4,10-11H2,1H3/t8-/m0/s1. The second kappa shape index (κ2) is 4.24. The highest BCUT2D eigenvalue weighted by molar-refractivity contribution is 5.50. The van der Waals surface area contributed by atoms with E-state index in [2.05, 4.69) is 0 Å². The van der Waals surface area contributed by atoms with Crippen LogP contribution in [0, 0.1) is 17.0 Å². The number of nitrogens with two attached hydrogens (primary N) is 2. The summed E-state index contributed by atoms with van der Waals surface area (Å²) in [7, 11) is 0. The molecule has 0 bridgehead atoms. The maximum Gasteiger partial charge on any atom is 0.270 e. The van der Waals surface area contributed by atoms with Crippen LogP contribution in [0.25, 0.3) is 0 Å². The summed E-state index contributed by atoms with van der Waals surface area (Å²) in [6.45, 7) is 1.70. The van der Waals surface area contributed by atoms with Crippen LogP contribution in [-0.4, -0.2) is 16.6 Å². The third-order valence-corrected chi connectivity index (χ3v) is 2.18. The van der Waals surface area contributed by atoms with Crippen molar-refractivity contribution in [2.45, 2.75) is 13.0 Å². The second-order valence-electron chi connectivity index (χ2n) is 3.30. The third kappa shape index (κ3) is 2.23. The first-order chi connectivity index (χ1) is 6.97. The quantitative estimate of drug-likeness (QED) is 0.499. The highest BCUT2D eigenvalue weighted by atomic mass is 16.6. The fourth-order valence-electron chi connectivity index (χ4n) is 1.30. The second-order valence-corrected chi connectivity index (χ2v) is 3.30. The molecule has 1 aromatic carbocycles. The van der Waals surface area contributed by atoms with Gasteiger partial charge in [-0.25, -0.2) is 0 Å². The number of phenols is 1. The first-order valence-corrected chi connectivity index (χ1v) is 4.41. The van der Waals surface area contributed by atoms with Crippen molar-refractivity contribution in [1.82, 2.24) is 0 Å². The zero-order valence-corrected chi connectivity index (χ0v) is 8.30. The Balaban J connectivity index is 3.31. The SMILES string of the molecule is Cc1cc([N+](=O)[O-])cc([C@@H](N)CN)c1O. The number of aryl methyl sites for hydroxylation is 1. The summed E-state index contributed by atoms with van der Waals surface area (Å²) in [4.78, 5) is 10.1. The largest absolute Gasteiger partial charge is 0.507 e. The Bertz CT molecular complexity index is 392. The first-order valence-electron chi connectivity index (χ1n) is 4.41. The Kier molecular flexibility index (Phi) is 3.23. The van der Waals surface area contributed by atoms with E-state index in [0.29, 0.717) is 11.1 Å². The molecule has 1 aromatic rings. The zero-order chi connectivity index (χ0) is 11.6. The summed E-state index contributed by atoms with van der Waals surface area (Å²) in [6, 6.07) is 1.95. The maximum absolute atomic E-state index is 10.6. The predicted molar refractivity (Wildman–Crippen MR) is 55.5 cm³/mol. The van der Waals surface area contributed by atoms with Crippen LogP contribution in [0.5, 0.6) is 5.75 Å². The van der Waals surface area contributed by atoms with Crippen molar-refractivity contribution in [2.24, 2.45) is 11.5 Å². The van der Waals surface area contributed by atoms with E-state index in [1.165, 1.54) is 12.1 Å². The minimum atomic E-state index is -0.594. The Labute approximate surface area is 86.7 Å². The molecule has 0 radical (unpaired) electrons. The van der Waals surface area contributed by atoms with Gasteiger partial charge < -0.3 is 16.6 Å². The van der Waals surface area contributed by atoms with Crippen LogP contribution < -0.4 is 11.5 Å². The first kappa shape index (κ1) is 11.4. The molecule has 0 fully saturated rings. The normalized spacial score (nSPS) is 12.5. The predicted octanol–water partition coefficient (Wildman–Crippen LogP) is 0.567. The average Bonchev–Trinajstić information content (AvgIpc) is 2.20.